The molecule has 26 heavy (non-hydrogen) atoms. The highest BCUT2D eigenvalue weighted by Crippen LogP contribution is 2.24. The first kappa shape index (κ1) is 19.5. The number of nitrogen functional groups attached to an aromatic ring is 1. The van der Waals surface area contributed by atoms with E-state index in [9.17, 15) is 4.79 Å². The summed E-state index contributed by atoms with van der Waals surface area (Å²) in [5.41, 5.74) is 6.89. The first-order valence-electron chi connectivity index (χ1n) is 8.03. The number of nitrogens with two attached hydrogens (primary N) is 1. The van der Waals surface area contributed by atoms with Crippen LogP contribution >= 0.6 is 11.8 Å². The molecule has 0 aliphatic rings. The lowest BCUT2D eigenvalue weighted by molar-refractivity contribution is -0.119. The molecule has 1 heterocycles. The number of nitrogens with zero attached hydrogens (tertiary/aromatic N) is 3. The summed E-state index contributed by atoms with van der Waals surface area (Å²) in [4.78, 5) is 20.4. The Kier molecular flexibility index (Phi) is 6.81. The molecule has 0 radical (unpaired) electrons. The Bertz CT molecular complexity index is 802. The monoisotopic (exact) mass is 371 g/mol. The van der Waals surface area contributed by atoms with Crippen molar-refractivity contribution in [1.82, 2.24) is 15.3 Å². The van der Waals surface area contributed by atoms with E-state index in [-0.39, 0.29) is 35.0 Å². The number of amides is 1. The van der Waals surface area contributed by atoms with Crippen LogP contribution in [0.4, 0.5) is 5.82 Å². The minimum absolute atomic E-state index is 0.110. The van der Waals surface area contributed by atoms with Gasteiger partial charge in [0.1, 0.15) is 23.2 Å². The van der Waals surface area contributed by atoms with E-state index in [2.05, 4.69) is 15.3 Å². The zero-order chi connectivity index (χ0) is 19.1. The van der Waals surface area contributed by atoms with Crippen LogP contribution in [0.25, 0.3) is 0 Å². The molecule has 0 bridgehead atoms. The molecule has 0 spiro atoms. The third-order valence-corrected chi connectivity index (χ3v) is 4.57. The fourth-order valence-electron chi connectivity index (χ4n) is 2.33. The van der Waals surface area contributed by atoms with Crippen LogP contribution in [0.2, 0.25) is 0 Å². The molecule has 0 fully saturated rings. The summed E-state index contributed by atoms with van der Waals surface area (Å²) in [6.45, 7) is 4.10. The molecule has 136 valence electrons. The van der Waals surface area contributed by atoms with E-state index in [0.29, 0.717) is 5.16 Å². The van der Waals surface area contributed by atoms with Gasteiger partial charge in [-0.2, -0.15) is 5.26 Å². The molecule has 8 heteroatoms. The van der Waals surface area contributed by atoms with Crippen LogP contribution in [0.15, 0.2) is 35.6 Å². The average molecular weight is 371 g/mol. The number of nitrogens with one attached hydrogen (secondary N) is 1. The maximum Gasteiger partial charge on any atom is 0.230 e. The lowest BCUT2D eigenvalue weighted by Gasteiger charge is -2.23. The van der Waals surface area contributed by atoms with E-state index in [1.807, 2.05) is 44.2 Å². The number of methoxy groups -OCH3 is 1. The van der Waals surface area contributed by atoms with Crippen LogP contribution in [0.5, 0.6) is 5.75 Å². The van der Waals surface area contributed by atoms with Crippen molar-refractivity contribution in [1.29, 1.82) is 5.26 Å². The molecule has 1 aromatic heterocycles. The van der Waals surface area contributed by atoms with Crippen LogP contribution in [-0.4, -0.2) is 28.7 Å². The molecule has 2 rings (SSSR count). The number of benzene rings is 1. The Hall–Kier alpha value is -2.79. The smallest absolute Gasteiger partial charge is 0.230 e. The highest BCUT2D eigenvalue weighted by atomic mass is 32.2. The first-order valence-corrected chi connectivity index (χ1v) is 9.02. The lowest BCUT2D eigenvalue weighted by atomic mass is 9.96. The second-order valence-electron chi connectivity index (χ2n) is 5.91. The molecular formula is C18H21N5O2S. The summed E-state index contributed by atoms with van der Waals surface area (Å²) in [6, 6.07) is 9.43. The summed E-state index contributed by atoms with van der Waals surface area (Å²) in [7, 11) is 1.62. The van der Waals surface area contributed by atoms with Crippen molar-refractivity contribution >= 4 is 23.5 Å². The molecule has 1 unspecified atom stereocenters. The summed E-state index contributed by atoms with van der Waals surface area (Å²) < 4.78 is 5.17. The number of hydrogen-bond donors (Lipinski definition) is 2. The minimum Gasteiger partial charge on any atom is -0.497 e. The largest absolute Gasteiger partial charge is 0.497 e. The minimum atomic E-state index is -0.129. The Labute approximate surface area is 157 Å². The molecule has 0 aliphatic heterocycles. The molecule has 2 aromatic rings. The lowest BCUT2D eigenvalue weighted by Crippen LogP contribution is -2.33. The molecule has 3 N–H and O–H groups in total. The van der Waals surface area contributed by atoms with E-state index in [4.69, 9.17) is 15.7 Å². The van der Waals surface area contributed by atoms with E-state index in [1.54, 1.807) is 7.11 Å². The number of carbonyl (C=O) groups excluding carboxylic acids is 1. The van der Waals surface area contributed by atoms with Crippen molar-refractivity contribution in [3.05, 3.63) is 41.6 Å². The van der Waals surface area contributed by atoms with E-state index in [0.717, 1.165) is 11.3 Å². The van der Waals surface area contributed by atoms with Gasteiger partial charge in [0.05, 0.1) is 25.1 Å². The zero-order valence-corrected chi connectivity index (χ0v) is 15.7. The number of nitriles is 1. The van der Waals surface area contributed by atoms with E-state index >= 15 is 0 Å². The zero-order valence-electron chi connectivity index (χ0n) is 14.9. The van der Waals surface area contributed by atoms with Crippen molar-refractivity contribution in [3.8, 4) is 11.8 Å². The van der Waals surface area contributed by atoms with Crippen LogP contribution in [0.1, 0.15) is 31.0 Å². The molecule has 1 aromatic carbocycles. The Balaban J connectivity index is 1.99. The topological polar surface area (TPSA) is 114 Å². The predicted octanol–water partition coefficient (Wildman–Crippen LogP) is 2.54. The van der Waals surface area contributed by atoms with Gasteiger partial charge in [-0.25, -0.2) is 9.97 Å². The summed E-state index contributed by atoms with van der Waals surface area (Å²) in [6.07, 6.45) is 1.36. The van der Waals surface area contributed by atoms with Crippen molar-refractivity contribution in [3.63, 3.8) is 0 Å². The molecule has 0 saturated carbocycles. The normalized spacial score (nSPS) is 11.7. The highest BCUT2D eigenvalue weighted by Gasteiger charge is 2.19. The standard InChI is InChI=1S/C18H21N5O2S/c1-11(2)16(12-4-6-14(25-3)7-5-12)22-15(24)10-26-18-21-9-13(8-19)17(20)23-18/h4-7,9,11,16H,10H2,1-3H3,(H,22,24)(H2,20,21,23). The predicted molar refractivity (Wildman–Crippen MR) is 101 cm³/mol. The van der Waals surface area contributed by atoms with E-state index < -0.39 is 0 Å². The molecule has 0 aliphatic carbocycles. The maximum absolute atomic E-state index is 12.3. The number of anilines is 1. The molecular weight excluding hydrogens is 350 g/mol. The van der Waals surface area contributed by atoms with Crippen LogP contribution in [0.3, 0.4) is 0 Å². The maximum atomic E-state index is 12.3. The van der Waals surface area contributed by atoms with Gasteiger partial charge in [0, 0.05) is 0 Å². The molecule has 0 saturated heterocycles. The third kappa shape index (κ3) is 5.10. The number of carbonyl (C=O) groups is 1. The Morgan fingerprint density at radius 3 is 2.62 bits per heavy atom. The quantitative estimate of drug-likeness (QED) is 0.568. The third-order valence-electron chi connectivity index (χ3n) is 3.71. The van der Waals surface area contributed by atoms with Gasteiger partial charge in [-0.05, 0) is 23.6 Å². The molecule has 7 nitrogen and oxygen atoms in total. The van der Waals surface area contributed by atoms with Gasteiger partial charge in [-0.3, -0.25) is 4.79 Å². The summed E-state index contributed by atoms with van der Waals surface area (Å²) in [5.74, 6) is 1.14. The number of thioether (sulfide) groups is 1. The second kappa shape index (κ2) is 9.06. The number of aromatic nitrogens is 2. The van der Waals surface area contributed by atoms with Crippen molar-refractivity contribution < 1.29 is 9.53 Å². The summed E-state index contributed by atoms with van der Waals surface area (Å²) in [5, 5.41) is 12.2. The van der Waals surface area contributed by atoms with Crippen molar-refractivity contribution in [2.75, 3.05) is 18.6 Å². The fourth-order valence-corrected chi connectivity index (χ4v) is 2.96. The SMILES string of the molecule is COc1ccc(C(NC(=O)CSc2ncc(C#N)c(N)n2)C(C)C)cc1. The van der Waals surface area contributed by atoms with Crippen molar-refractivity contribution in [2.24, 2.45) is 5.92 Å². The molecule has 1 atom stereocenters. The van der Waals surface area contributed by atoms with Gasteiger partial charge in [0.25, 0.3) is 0 Å². The summed E-state index contributed by atoms with van der Waals surface area (Å²) >= 11 is 1.17. The number of ether oxygens (including phenoxy) is 1. The number of hydrogen-bond acceptors (Lipinski definition) is 7. The van der Waals surface area contributed by atoms with Gasteiger partial charge >= 0.3 is 0 Å². The van der Waals surface area contributed by atoms with Gasteiger partial charge in [0.15, 0.2) is 5.16 Å². The van der Waals surface area contributed by atoms with Gasteiger partial charge < -0.3 is 15.8 Å². The van der Waals surface area contributed by atoms with Crippen LogP contribution < -0.4 is 15.8 Å². The van der Waals surface area contributed by atoms with Gasteiger partial charge in [-0.1, -0.05) is 37.7 Å². The van der Waals surface area contributed by atoms with Crippen LogP contribution in [0, 0.1) is 17.2 Å². The second-order valence-corrected chi connectivity index (χ2v) is 6.86. The van der Waals surface area contributed by atoms with Gasteiger partial charge in [-0.15, -0.1) is 0 Å². The van der Waals surface area contributed by atoms with E-state index in [1.165, 1.54) is 18.0 Å². The Morgan fingerprint density at radius 1 is 1.38 bits per heavy atom. The Morgan fingerprint density at radius 2 is 2.08 bits per heavy atom. The first-order chi connectivity index (χ1) is 12.4. The highest BCUT2D eigenvalue weighted by molar-refractivity contribution is 7.99. The van der Waals surface area contributed by atoms with Crippen LogP contribution in [-0.2, 0) is 4.79 Å². The number of rotatable bonds is 7. The molecule has 1 amide bonds. The van der Waals surface area contributed by atoms with Gasteiger partial charge in [0.2, 0.25) is 5.91 Å². The average Bonchev–Trinajstić information content (AvgIpc) is 2.64. The van der Waals surface area contributed by atoms with Crippen molar-refractivity contribution in [2.45, 2.75) is 25.0 Å². The fraction of sp³-hybridized carbons (Fsp3) is 0.333.